The molecule has 5 rings (SSSR count). The van der Waals surface area contributed by atoms with E-state index in [2.05, 4.69) is 5.32 Å². The molecule has 1 aliphatic rings. The second kappa shape index (κ2) is 8.37. The Kier molecular flexibility index (Phi) is 5.36. The number of methoxy groups -OCH3 is 1. The molecule has 0 bridgehead atoms. The summed E-state index contributed by atoms with van der Waals surface area (Å²) in [5.41, 5.74) is 3.52. The number of nitrogens with one attached hydrogen (secondary N) is 1. The highest BCUT2D eigenvalue weighted by molar-refractivity contribution is 5.90. The Bertz CT molecular complexity index is 1430. The van der Waals surface area contributed by atoms with E-state index in [-0.39, 0.29) is 5.43 Å². The third kappa shape index (κ3) is 3.61. The Hall–Kier alpha value is -4.06. The number of carboxylic acid groups (broad SMARTS) is 1. The number of aryl methyl sites for hydroxylation is 1. The summed E-state index contributed by atoms with van der Waals surface area (Å²) in [6, 6.07) is 20.7. The second-order valence-corrected chi connectivity index (χ2v) is 8.76. The van der Waals surface area contributed by atoms with Crippen LogP contribution in [0.15, 0.2) is 75.9 Å². The molecule has 1 fully saturated rings. The lowest BCUT2D eigenvalue weighted by Gasteiger charge is -2.42. The SMILES string of the molecule is COc1cc2oc(-c3ccccc3)c(-c3ccc(C4(NC(=O)O)CCC4)cc3)c(=O)c2cc1C. The lowest BCUT2D eigenvalue weighted by molar-refractivity contribution is 0.144. The molecular weight excluding hydrogens is 430 g/mol. The normalized spacial score (nSPS) is 14.4. The summed E-state index contributed by atoms with van der Waals surface area (Å²) in [4.78, 5) is 25.1. The van der Waals surface area contributed by atoms with E-state index in [1.54, 1.807) is 19.2 Å². The van der Waals surface area contributed by atoms with E-state index in [0.29, 0.717) is 28.0 Å². The fourth-order valence-electron chi connectivity index (χ4n) is 4.78. The number of ether oxygens (including phenoxy) is 1. The zero-order chi connectivity index (χ0) is 23.9. The zero-order valence-electron chi connectivity index (χ0n) is 19.1. The van der Waals surface area contributed by atoms with Crippen LogP contribution in [0.5, 0.6) is 5.75 Å². The number of carbonyl (C=O) groups is 1. The van der Waals surface area contributed by atoms with Crippen molar-refractivity contribution in [3.8, 4) is 28.2 Å². The summed E-state index contributed by atoms with van der Waals surface area (Å²) in [7, 11) is 1.59. The number of hydrogen-bond donors (Lipinski definition) is 2. The van der Waals surface area contributed by atoms with Gasteiger partial charge in [-0.25, -0.2) is 4.79 Å². The van der Waals surface area contributed by atoms with Gasteiger partial charge in [0.15, 0.2) is 0 Å². The first-order chi connectivity index (χ1) is 16.4. The molecule has 6 nitrogen and oxygen atoms in total. The number of hydrogen-bond acceptors (Lipinski definition) is 4. The lowest BCUT2D eigenvalue weighted by Crippen LogP contribution is -2.50. The van der Waals surface area contributed by atoms with E-state index in [1.165, 1.54) is 0 Å². The van der Waals surface area contributed by atoms with Gasteiger partial charge in [0.25, 0.3) is 0 Å². The van der Waals surface area contributed by atoms with E-state index >= 15 is 0 Å². The summed E-state index contributed by atoms with van der Waals surface area (Å²) >= 11 is 0. The number of rotatable bonds is 5. The number of benzene rings is 3. The molecule has 0 saturated heterocycles. The first-order valence-electron chi connectivity index (χ1n) is 11.2. The highest BCUT2D eigenvalue weighted by atomic mass is 16.5. The molecule has 0 atom stereocenters. The van der Waals surface area contributed by atoms with Gasteiger partial charge in [-0.05, 0) is 48.9 Å². The number of fused-ring (bicyclic) bond motifs is 1. The summed E-state index contributed by atoms with van der Waals surface area (Å²) in [5.74, 6) is 1.14. The molecule has 0 spiro atoms. The Morgan fingerprint density at radius 3 is 2.32 bits per heavy atom. The van der Waals surface area contributed by atoms with Gasteiger partial charge in [0.1, 0.15) is 17.1 Å². The molecule has 1 saturated carbocycles. The smallest absolute Gasteiger partial charge is 0.405 e. The molecular formula is C28H25NO5. The molecule has 4 aromatic rings. The summed E-state index contributed by atoms with van der Waals surface area (Å²) in [6.45, 7) is 1.89. The van der Waals surface area contributed by atoms with Crippen LogP contribution >= 0.6 is 0 Å². The maximum atomic E-state index is 13.8. The van der Waals surface area contributed by atoms with Crippen LogP contribution < -0.4 is 15.5 Å². The first-order valence-corrected chi connectivity index (χ1v) is 11.2. The van der Waals surface area contributed by atoms with Crippen LogP contribution in [0.3, 0.4) is 0 Å². The molecule has 0 unspecified atom stereocenters. The molecule has 1 amide bonds. The highest BCUT2D eigenvalue weighted by Gasteiger charge is 2.40. The van der Waals surface area contributed by atoms with Gasteiger partial charge in [0, 0.05) is 11.6 Å². The van der Waals surface area contributed by atoms with Gasteiger partial charge in [0.05, 0.1) is 23.6 Å². The lowest BCUT2D eigenvalue weighted by atomic mass is 9.71. The van der Waals surface area contributed by atoms with Gasteiger partial charge < -0.3 is 19.6 Å². The fourth-order valence-corrected chi connectivity index (χ4v) is 4.78. The van der Waals surface area contributed by atoms with Crippen molar-refractivity contribution in [2.75, 3.05) is 7.11 Å². The highest BCUT2D eigenvalue weighted by Crippen LogP contribution is 2.42. The predicted octanol–water partition coefficient (Wildman–Crippen LogP) is 6.09. The average molecular weight is 456 g/mol. The van der Waals surface area contributed by atoms with Crippen LogP contribution in [0, 0.1) is 6.92 Å². The average Bonchev–Trinajstić information content (AvgIpc) is 2.82. The van der Waals surface area contributed by atoms with Crippen molar-refractivity contribution < 1.29 is 19.1 Å². The van der Waals surface area contributed by atoms with Crippen molar-refractivity contribution in [1.29, 1.82) is 0 Å². The van der Waals surface area contributed by atoms with E-state index in [1.807, 2.05) is 61.5 Å². The van der Waals surface area contributed by atoms with Crippen LogP contribution in [0.1, 0.15) is 30.4 Å². The van der Waals surface area contributed by atoms with Crippen molar-refractivity contribution >= 4 is 17.1 Å². The Morgan fingerprint density at radius 2 is 1.74 bits per heavy atom. The summed E-state index contributed by atoms with van der Waals surface area (Å²) in [5, 5.41) is 12.5. The van der Waals surface area contributed by atoms with E-state index in [0.717, 1.165) is 41.5 Å². The minimum Gasteiger partial charge on any atom is -0.496 e. The summed E-state index contributed by atoms with van der Waals surface area (Å²) < 4.78 is 11.8. The largest absolute Gasteiger partial charge is 0.496 e. The Labute approximate surface area is 196 Å². The van der Waals surface area contributed by atoms with Crippen molar-refractivity contribution in [2.45, 2.75) is 31.7 Å². The van der Waals surface area contributed by atoms with E-state index in [4.69, 9.17) is 9.15 Å². The molecule has 1 aliphatic carbocycles. The molecule has 0 radical (unpaired) electrons. The quantitative estimate of drug-likeness (QED) is 0.380. The van der Waals surface area contributed by atoms with Crippen LogP contribution in [0.25, 0.3) is 33.4 Å². The molecule has 3 aromatic carbocycles. The van der Waals surface area contributed by atoms with Gasteiger partial charge in [-0.2, -0.15) is 0 Å². The van der Waals surface area contributed by atoms with Crippen molar-refractivity contribution in [3.05, 3.63) is 88.1 Å². The molecule has 172 valence electrons. The molecule has 0 aliphatic heterocycles. The van der Waals surface area contributed by atoms with Crippen LogP contribution in [-0.4, -0.2) is 18.3 Å². The van der Waals surface area contributed by atoms with E-state index < -0.39 is 11.6 Å². The van der Waals surface area contributed by atoms with E-state index in [9.17, 15) is 14.7 Å². The molecule has 34 heavy (non-hydrogen) atoms. The van der Waals surface area contributed by atoms with Crippen molar-refractivity contribution in [2.24, 2.45) is 0 Å². The van der Waals surface area contributed by atoms with Gasteiger partial charge in [0.2, 0.25) is 5.43 Å². The number of amides is 1. The molecule has 1 heterocycles. The minimum absolute atomic E-state index is 0.124. The topological polar surface area (TPSA) is 88.8 Å². The first kappa shape index (κ1) is 21.8. The maximum Gasteiger partial charge on any atom is 0.405 e. The van der Waals surface area contributed by atoms with Gasteiger partial charge in [-0.1, -0.05) is 54.6 Å². The minimum atomic E-state index is -1.03. The molecule has 6 heteroatoms. The van der Waals surface area contributed by atoms with Crippen molar-refractivity contribution in [3.63, 3.8) is 0 Å². The standard InChI is InChI=1S/C28H25NO5/c1-17-15-21-23(16-22(17)33-2)34-26(19-7-4-3-5-8-19)24(25(21)30)18-9-11-20(12-10-18)28(13-6-14-28)29-27(31)32/h3-5,7-12,15-16,29H,6,13-14H2,1-2H3,(H,31,32). The fraction of sp³-hybridized carbons (Fsp3) is 0.214. The predicted molar refractivity (Wildman–Crippen MR) is 131 cm³/mol. The molecule has 2 N–H and O–H groups in total. The third-order valence-electron chi connectivity index (χ3n) is 6.72. The van der Waals surface area contributed by atoms with Crippen LogP contribution in [0.2, 0.25) is 0 Å². The van der Waals surface area contributed by atoms with Crippen LogP contribution in [0.4, 0.5) is 4.79 Å². The zero-order valence-corrected chi connectivity index (χ0v) is 19.1. The second-order valence-electron chi connectivity index (χ2n) is 8.76. The third-order valence-corrected chi connectivity index (χ3v) is 6.72. The summed E-state index contributed by atoms with van der Waals surface area (Å²) in [6.07, 6.45) is 1.45. The van der Waals surface area contributed by atoms with Gasteiger partial charge >= 0.3 is 6.09 Å². The van der Waals surface area contributed by atoms with Crippen molar-refractivity contribution in [1.82, 2.24) is 5.32 Å². The molecule has 1 aromatic heterocycles. The Morgan fingerprint density at radius 1 is 1.03 bits per heavy atom. The Balaban J connectivity index is 1.70. The van der Waals surface area contributed by atoms with Gasteiger partial charge in [-0.15, -0.1) is 0 Å². The van der Waals surface area contributed by atoms with Crippen LogP contribution in [-0.2, 0) is 5.54 Å². The maximum absolute atomic E-state index is 13.8. The van der Waals surface area contributed by atoms with Gasteiger partial charge in [-0.3, -0.25) is 4.79 Å². The monoisotopic (exact) mass is 455 g/mol.